The van der Waals surface area contributed by atoms with Crippen molar-refractivity contribution < 1.29 is 68.1 Å². The number of carbonyl (C=O) groups is 11. The van der Waals surface area contributed by atoms with Crippen molar-refractivity contribution in [1.29, 1.82) is 0 Å². The van der Waals surface area contributed by atoms with Crippen molar-refractivity contribution in [2.75, 3.05) is 13.1 Å². The zero-order chi connectivity index (χ0) is 43.7. The van der Waals surface area contributed by atoms with Gasteiger partial charge in [-0.3, -0.25) is 52.7 Å². The summed E-state index contributed by atoms with van der Waals surface area (Å²) in [5.41, 5.74) is 0. The van der Waals surface area contributed by atoms with Gasteiger partial charge in [0, 0.05) is 26.3 Å². The zero-order valence-electron chi connectivity index (χ0n) is 33.3. The van der Waals surface area contributed by atoms with Gasteiger partial charge in [0.1, 0.15) is 36.8 Å². The summed E-state index contributed by atoms with van der Waals surface area (Å²) in [5.74, 6) is -12.6. The zero-order valence-corrected chi connectivity index (χ0v) is 33.3. The van der Waals surface area contributed by atoms with Crippen LogP contribution in [0.3, 0.4) is 0 Å². The Hall–Kier alpha value is -5.63. The molecule has 0 radical (unpaired) electrons. The highest BCUT2D eigenvalue weighted by molar-refractivity contribution is 6.38. The van der Waals surface area contributed by atoms with E-state index in [1.807, 2.05) is 5.32 Å². The normalized spacial score (nSPS) is 17.6. The highest BCUT2D eigenvalue weighted by atomic mass is 16.4. The third kappa shape index (κ3) is 16.2. The Morgan fingerprint density at radius 1 is 0.649 bits per heavy atom. The highest BCUT2D eigenvalue weighted by Gasteiger charge is 2.44. The fourth-order valence-corrected chi connectivity index (χ4v) is 6.12. The molecule has 0 aromatic rings. The number of nitrogens with one attached hydrogen (secondary N) is 6. The summed E-state index contributed by atoms with van der Waals surface area (Å²) < 4.78 is 0. The van der Waals surface area contributed by atoms with Gasteiger partial charge in [-0.1, -0.05) is 48.0 Å². The molecule has 1 aliphatic rings. The molecule has 21 nitrogen and oxygen atoms in total. The van der Waals surface area contributed by atoms with Crippen molar-refractivity contribution in [3.05, 3.63) is 0 Å². The van der Waals surface area contributed by atoms with Gasteiger partial charge in [-0.25, -0.2) is 0 Å². The molecule has 57 heavy (non-hydrogen) atoms. The molecule has 0 bridgehead atoms. The van der Waals surface area contributed by atoms with Crippen LogP contribution < -0.4 is 31.9 Å². The van der Waals surface area contributed by atoms with Gasteiger partial charge in [-0.15, -0.1) is 0 Å². The molecule has 1 heterocycles. The van der Waals surface area contributed by atoms with Crippen LogP contribution >= 0.6 is 0 Å². The van der Waals surface area contributed by atoms with Gasteiger partial charge in [0.2, 0.25) is 41.2 Å². The van der Waals surface area contributed by atoms with Crippen LogP contribution in [-0.4, -0.2) is 135 Å². The van der Waals surface area contributed by atoms with Crippen LogP contribution in [0.1, 0.15) is 93.4 Å². The molecule has 0 unspecified atom stereocenters. The summed E-state index contributed by atoms with van der Waals surface area (Å²) in [6.07, 6.45) is -1.07. The maximum atomic E-state index is 14.1. The second kappa shape index (κ2) is 23.4. The number of hydrogen-bond acceptors (Lipinski definition) is 11. The van der Waals surface area contributed by atoms with Crippen LogP contribution in [0.4, 0.5) is 0 Å². The number of nitrogens with zero attached hydrogens (tertiary/aromatic N) is 1. The maximum Gasteiger partial charge on any atom is 0.322 e. The first kappa shape index (κ1) is 49.4. The number of aliphatic carboxylic acids is 3. The van der Waals surface area contributed by atoms with Crippen molar-refractivity contribution in [2.45, 2.75) is 130 Å². The molecule has 1 saturated heterocycles. The van der Waals surface area contributed by atoms with Crippen LogP contribution in [-0.2, 0) is 52.7 Å². The fraction of sp³-hybridized carbons (Fsp3) is 0.694. The van der Waals surface area contributed by atoms with E-state index in [1.165, 1.54) is 4.90 Å². The number of carboxylic acid groups (broad SMARTS) is 3. The van der Waals surface area contributed by atoms with Crippen LogP contribution in [0.5, 0.6) is 0 Å². The van der Waals surface area contributed by atoms with Crippen LogP contribution in [0.25, 0.3) is 0 Å². The topological polar surface area (TPSA) is 324 Å². The first-order chi connectivity index (χ1) is 26.5. The Kier molecular flexibility index (Phi) is 20.3. The molecule has 0 aromatic carbocycles. The minimum Gasteiger partial charge on any atom is -0.481 e. The summed E-state index contributed by atoms with van der Waals surface area (Å²) in [5, 5.41) is 41.5. The van der Waals surface area contributed by atoms with Gasteiger partial charge in [-0.05, 0) is 43.4 Å². The largest absolute Gasteiger partial charge is 0.481 e. The second-order valence-corrected chi connectivity index (χ2v) is 14.7. The summed E-state index contributed by atoms with van der Waals surface area (Å²) >= 11 is 0. The summed E-state index contributed by atoms with van der Waals surface area (Å²) in [7, 11) is 0. The molecule has 0 spiro atoms. The average Bonchev–Trinajstić information content (AvgIpc) is 3.51. The van der Waals surface area contributed by atoms with E-state index < -0.39 is 145 Å². The van der Waals surface area contributed by atoms with E-state index >= 15 is 0 Å². The lowest BCUT2D eigenvalue weighted by Crippen LogP contribution is -2.61. The lowest BCUT2D eigenvalue weighted by atomic mass is 9.97. The van der Waals surface area contributed by atoms with Gasteiger partial charge < -0.3 is 52.1 Å². The highest BCUT2D eigenvalue weighted by Crippen LogP contribution is 2.26. The molecule has 21 heteroatoms. The number of carboxylic acids is 3. The Morgan fingerprint density at radius 2 is 1.16 bits per heavy atom. The smallest absolute Gasteiger partial charge is 0.322 e. The van der Waals surface area contributed by atoms with E-state index in [9.17, 15) is 57.8 Å². The number of hydrogen-bond donors (Lipinski definition) is 9. The van der Waals surface area contributed by atoms with Crippen LogP contribution in [0.15, 0.2) is 0 Å². The lowest BCUT2D eigenvalue weighted by molar-refractivity contribution is -0.145. The van der Waals surface area contributed by atoms with Crippen molar-refractivity contribution in [3.8, 4) is 0 Å². The predicted molar refractivity (Wildman–Crippen MR) is 199 cm³/mol. The number of rotatable bonds is 24. The molecule has 320 valence electrons. The third-order valence-electron chi connectivity index (χ3n) is 9.18. The number of amides is 7. The molecule has 0 aromatic heterocycles. The molecule has 7 atom stereocenters. The standard InChI is InChI=1S/C36H57N7O14/c1-8-9-21(30(51)35(56)37-16-26(49)50)39-34(55)29-19(6)14-15-43(29)36(57)28(18(4)5)42-33(54)27(17(2)3)41-32(53)23(11-13-25(47)48)40-31(52)22(38-20(7)44)10-12-24(45)46/h17-19,21-23,27-29H,8-16H2,1-7H3,(H,37,56)(H,38,44)(H,39,55)(H,40,52)(H,41,53)(H,42,54)(H,45,46)(H,47,48)(H,49,50)/t19-,21-,22-,23-,27-,28-,29-/m0/s1. The SMILES string of the molecule is CCC[C@H](NC(=O)[C@@H]1[C@@H](C)CCN1C(=O)[C@@H](NC(=O)[C@@H](NC(=O)[C@H](CCC(=O)O)NC(=O)[C@H](CCC(=O)O)NC(C)=O)C(C)C)C(C)C)C(=O)C(=O)NCC(=O)O. The minimum absolute atomic E-state index is 0.0502. The van der Waals surface area contributed by atoms with E-state index in [0.717, 1.165) is 6.92 Å². The van der Waals surface area contributed by atoms with E-state index in [-0.39, 0.29) is 19.4 Å². The first-order valence-corrected chi connectivity index (χ1v) is 18.8. The Labute approximate surface area is 330 Å². The van der Waals surface area contributed by atoms with Crippen molar-refractivity contribution in [3.63, 3.8) is 0 Å². The second-order valence-electron chi connectivity index (χ2n) is 14.7. The van der Waals surface area contributed by atoms with Crippen LogP contribution in [0.2, 0.25) is 0 Å². The van der Waals surface area contributed by atoms with Gasteiger partial charge in [0.05, 0.1) is 6.04 Å². The molecular weight excluding hydrogens is 754 g/mol. The van der Waals surface area contributed by atoms with E-state index in [2.05, 4.69) is 26.6 Å². The maximum absolute atomic E-state index is 14.1. The third-order valence-corrected chi connectivity index (χ3v) is 9.18. The molecule has 7 amide bonds. The van der Waals surface area contributed by atoms with E-state index in [1.54, 1.807) is 41.5 Å². The van der Waals surface area contributed by atoms with Gasteiger partial charge in [0.25, 0.3) is 5.91 Å². The van der Waals surface area contributed by atoms with Crippen molar-refractivity contribution in [2.24, 2.45) is 17.8 Å². The molecule has 1 fully saturated rings. The summed E-state index contributed by atoms with van der Waals surface area (Å²) in [4.78, 5) is 140. The number of ketones is 1. The molecule has 1 aliphatic heterocycles. The van der Waals surface area contributed by atoms with Gasteiger partial charge in [0.15, 0.2) is 0 Å². The Bertz CT molecular complexity index is 1530. The average molecular weight is 812 g/mol. The van der Waals surface area contributed by atoms with Crippen molar-refractivity contribution >= 4 is 65.0 Å². The molecule has 0 aliphatic carbocycles. The van der Waals surface area contributed by atoms with Crippen molar-refractivity contribution in [1.82, 2.24) is 36.8 Å². The molecular formula is C36H57N7O14. The molecule has 1 rings (SSSR count). The summed E-state index contributed by atoms with van der Waals surface area (Å²) in [6, 6.07) is -7.90. The lowest BCUT2D eigenvalue weighted by Gasteiger charge is -2.33. The Balaban J connectivity index is 3.28. The monoisotopic (exact) mass is 811 g/mol. The molecule has 0 saturated carbocycles. The number of carbonyl (C=O) groups excluding carboxylic acids is 8. The summed E-state index contributed by atoms with van der Waals surface area (Å²) in [6.45, 7) is 10.3. The quantitative estimate of drug-likeness (QED) is 0.0490. The predicted octanol–water partition coefficient (Wildman–Crippen LogP) is -1.72. The van der Waals surface area contributed by atoms with Gasteiger partial charge in [-0.2, -0.15) is 0 Å². The fourth-order valence-electron chi connectivity index (χ4n) is 6.12. The number of Topliss-reactive ketones (excluding diaryl/α,β-unsaturated/α-hetero) is 1. The minimum atomic E-state index is -1.54. The van der Waals surface area contributed by atoms with Crippen LogP contribution in [0, 0.1) is 17.8 Å². The van der Waals surface area contributed by atoms with E-state index in [4.69, 9.17) is 10.2 Å². The first-order valence-electron chi connectivity index (χ1n) is 18.8. The Morgan fingerprint density at radius 3 is 1.63 bits per heavy atom. The molecule has 9 N–H and O–H groups in total. The van der Waals surface area contributed by atoms with Gasteiger partial charge >= 0.3 is 17.9 Å². The number of likely N-dealkylation sites (tertiary alicyclic amines) is 1. The van der Waals surface area contributed by atoms with E-state index in [0.29, 0.717) is 12.8 Å².